The van der Waals surface area contributed by atoms with Crippen LogP contribution in [0.1, 0.15) is 5.56 Å². The molecule has 0 amide bonds. The van der Waals surface area contributed by atoms with E-state index in [1.165, 1.54) is 11.8 Å². The van der Waals surface area contributed by atoms with Crippen molar-refractivity contribution in [1.82, 2.24) is 9.97 Å². The molecule has 0 saturated carbocycles. The van der Waals surface area contributed by atoms with Gasteiger partial charge in [-0.1, -0.05) is 23.9 Å². The maximum atomic E-state index is 9.20. The first kappa shape index (κ1) is 13.5. The van der Waals surface area contributed by atoms with E-state index in [9.17, 15) is 5.11 Å². The summed E-state index contributed by atoms with van der Waals surface area (Å²) in [5, 5.41) is 13.1. The largest absolute Gasteiger partial charge is 0.508 e. The lowest BCUT2D eigenvalue weighted by Crippen LogP contribution is -2.08. The van der Waals surface area contributed by atoms with Crippen LogP contribution in [0.2, 0.25) is 0 Å². The Hall–Kier alpha value is -1.95. The summed E-state index contributed by atoms with van der Waals surface area (Å²) in [6.45, 7) is 0.745. The van der Waals surface area contributed by atoms with Crippen molar-refractivity contribution in [3.8, 4) is 5.75 Å². The molecule has 0 aliphatic rings. The van der Waals surface area contributed by atoms with E-state index in [2.05, 4.69) is 15.3 Å². The molecule has 0 saturated heterocycles. The summed E-state index contributed by atoms with van der Waals surface area (Å²) in [4.78, 5) is 8.41. The zero-order valence-corrected chi connectivity index (χ0v) is 11.4. The maximum absolute atomic E-state index is 9.20. The number of benzene rings is 1. The van der Waals surface area contributed by atoms with Crippen molar-refractivity contribution in [1.29, 1.82) is 0 Å². The number of anilines is 2. The number of aromatic nitrogens is 2. The minimum Gasteiger partial charge on any atom is -0.508 e. The predicted molar refractivity (Wildman–Crippen MR) is 78.5 cm³/mol. The van der Waals surface area contributed by atoms with Crippen LogP contribution >= 0.6 is 11.8 Å². The van der Waals surface area contributed by atoms with Gasteiger partial charge in [-0.25, -0.2) is 9.97 Å². The molecule has 6 heteroatoms. The van der Waals surface area contributed by atoms with Crippen LogP contribution < -0.4 is 11.1 Å². The minimum atomic E-state index is 0.282. The normalized spacial score (nSPS) is 10.4. The zero-order chi connectivity index (χ0) is 13.7. The minimum absolute atomic E-state index is 0.282. The number of phenolic OH excluding ortho intramolecular Hbond substituents is 1. The molecule has 0 bridgehead atoms. The van der Waals surface area contributed by atoms with Gasteiger partial charge in [0.2, 0.25) is 0 Å². The number of nitrogens with zero attached hydrogens (tertiary/aromatic N) is 2. The molecule has 4 N–H and O–H groups in total. The maximum Gasteiger partial charge on any atom is 0.191 e. The lowest BCUT2D eigenvalue weighted by molar-refractivity contribution is 0.475. The highest BCUT2D eigenvalue weighted by Gasteiger charge is 2.01. The Balaban J connectivity index is 1.92. The fourth-order valence-corrected chi connectivity index (χ4v) is 2.01. The van der Waals surface area contributed by atoms with Crippen LogP contribution in [0.25, 0.3) is 0 Å². The zero-order valence-electron chi connectivity index (χ0n) is 10.6. The van der Waals surface area contributed by atoms with Gasteiger partial charge >= 0.3 is 0 Å². The molecular weight excluding hydrogens is 260 g/mol. The SMILES string of the molecule is CSc1nc(N)cc(NCCc2ccc(O)cc2)n1. The summed E-state index contributed by atoms with van der Waals surface area (Å²) in [5.74, 6) is 1.48. The fraction of sp³-hybridized carbons (Fsp3) is 0.231. The molecule has 0 atom stereocenters. The van der Waals surface area contributed by atoms with Crippen molar-refractivity contribution in [2.45, 2.75) is 11.6 Å². The highest BCUT2D eigenvalue weighted by Crippen LogP contribution is 2.15. The number of hydrogen-bond acceptors (Lipinski definition) is 6. The molecule has 0 unspecified atom stereocenters. The molecule has 0 radical (unpaired) electrons. The van der Waals surface area contributed by atoms with Crippen molar-refractivity contribution >= 4 is 23.4 Å². The third-order valence-corrected chi connectivity index (χ3v) is 3.11. The Morgan fingerprint density at radius 2 is 2.00 bits per heavy atom. The molecule has 0 aliphatic heterocycles. The monoisotopic (exact) mass is 276 g/mol. The standard InChI is InChI=1S/C13H16N4OS/c1-19-13-16-11(14)8-12(17-13)15-7-6-9-2-4-10(18)5-3-9/h2-5,8,18H,6-7H2,1H3,(H3,14,15,16,17). The highest BCUT2D eigenvalue weighted by atomic mass is 32.2. The second-order valence-corrected chi connectivity index (χ2v) is 4.78. The second kappa shape index (κ2) is 6.29. The Kier molecular flexibility index (Phi) is 4.46. The molecular formula is C13H16N4OS. The third-order valence-electron chi connectivity index (χ3n) is 2.56. The van der Waals surface area contributed by atoms with Crippen molar-refractivity contribution in [3.63, 3.8) is 0 Å². The van der Waals surface area contributed by atoms with E-state index < -0.39 is 0 Å². The van der Waals surface area contributed by atoms with Gasteiger partial charge in [0.25, 0.3) is 0 Å². The fourth-order valence-electron chi connectivity index (χ4n) is 1.62. The van der Waals surface area contributed by atoms with Gasteiger partial charge in [-0.3, -0.25) is 0 Å². The number of rotatable bonds is 5. The van der Waals surface area contributed by atoms with E-state index in [1.54, 1.807) is 18.2 Å². The summed E-state index contributed by atoms with van der Waals surface area (Å²) in [6.07, 6.45) is 2.76. The summed E-state index contributed by atoms with van der Waals surface area (Å²) in [5.41, 5.74) is 6.85. The van der Waals surface area contributed by atoms with E-state index in [4.69, 9.17) is 5.73 Å². The predicted octanol–water partition coefficient (Wildman–Crippen LogP) is 2.14. The molecule has 19 heavy (non-hydrogen) atoms. The van der Waals surface area contributed by atoms with Crippen molar-refractivity contribution in [3.05, 3.63) is 35.9 Å². The van der Waals surface area contributed by atoms with Gasteiger partial charge in [-0.05, 0) is 30.4 Å². The van der Waals surface area contributed by atoms with Crippen LogP contribution in [-0.2, 0) is 6.42 Å². The van der Waals surface area contributed by atoms with Gasteiger partial charge in [0.1, 0.15) is 17.4 Å². The Morgan fingerprint density at radius 3 is 2.68 bits per heavy atom. The Labute approximate surface area is 116 Å². The average molecular weight is 276 g/mol. The lowest BCUT2D eigenvalue weighted by Gasteiger charge is -2.07. The molecule has 1 aromatic carbocycles. The Morgan fingerprint density at radius 1 is 1.26 bits per heavy atom. The van der Waals surface area contributed by atoms with E-state index in [0.29, 0.717) is 11.0 Å². The second-order valence-electron chi connectivity index (χ2n) is 4.01. The first-order valence-corrected chi connectivity index (χ1v) is 7.10. The van der Waals surface area contributed by atoms with Crippen LogP contribution in [-0.4, -0.2) is 27.9 Å². The van der Waals surface area contributed by atoms with Crippen LogP contribution in [0, 0.1) is 0 Å². The highest BCUT2D eigenvalue weighted by molar-refractivity contribution is 7.98. The first-order valence-electron chi connectivity index (χ1n) is 5.87. The number of aromatic hydroxyl groups is 1. The molecule has 2 aromatic rings. The molecule has 0 spiro atoms. The molecule has 0 aliphatic carbocycles. The van der Waals surface area contributed by atoms with Crippen LogP contribution in [0.5, 0.6) is 5.75 Å². The number of phenols is 1. The summed E-state index contributed by atoms with van der Waals surface area (Å²) in [7, 11) is 0. The van der Waals surface area contributed by atoms with Gasteiger partial charge in [0.15, 0.2) is 5.16 Å². The molecule has 100 valence electrons. The topological polar surface area (TPSA) is 84.1 Å². The molecule has 5 nitrogen and oxygen atoms in total. The molecule has 0 fully saturated rings. The van der Waals surface area contributed by atoms with Gasteiger partial charge in [-0.15, -0.1) is 0 Å². The number of nitrogen functional groups attached to an aromatic ring is 1. The van der Waals surface area contributed by atoms with Gasteiger partial charge in [0, 0.05) is 12.6 Å². The van der Waals surface area contributed by atoms with Crippen LogP contribution in [0.15, 0.2) is 35.5 Å². The quantitative estimate of drug-likeness (QED) is 0.573. The van der Waals surface area contributed by atoms with Crippen molar-refractivity contribution < 1.29 is 5.11 Å². The van der Waals surface area contributed by atoms with Crippen LogP contribution in [0.3, 0.4) is 0 Å². The molecule has 2 rings (SSSR count). The third kappa shape index (κ3) is 4.03. The van der Waals surface area contributed by atoms with Crippen molar-refractivity contribution in [2.75, 3.05) is 23.9 Å². The van der Waals surface area contributed by atoms with E-state index >= 15 is 0 Å². The number of thioether (sulfide) groups is 1. The Bertz CT molecular complexity index is 545. The molecule has 1 aromatic heterocycles. The molecule has 1 heterocycles. The number of hydrogen-bond donors (Lipinski definition) is 3. The van der Waals surface area contributed by atoms with Crippen LogP contribution in [0.4, 0.5) is 11.6 Å². The smallest absolute Gasteiger partial charge is 0.191 e. The first-order chi connectivity index (χ1) is 9.17. The number of nitrogens with two attached hydrogens (primary N) is 1. The summed E-state index contributed by atoms with van der Waals surface area (Å²) >= 11 is 1.46. The van der Waals surface area contributed by atoms with E-state index in [-0.39, 0.29) is 5.75 Å². The van der Waals surface area contributed by atoms with E-state index in [1.807, 2.05) is 18.4 Å². The number of nitrogens with one attached hydrogen (secondary N) is 1. The average Bonchev–Trinajstić information content (AvgIpc) is 2.40. The van der Waals surface area contributed by atoms with Crippen molar-refractivity contribution in [2.24, 2.45) is 0 Å². The van der Waals surface area contributed by atoms with Gasteiger partial charge < -0.3 is 16.2 Å². The van der Waals surface area contributed by atoms with E-state index in [0.717, 1.165) is 24.3 Å². The van der Waals surface area contributed by atoms with Gasteiger partial charge in [0.05, 0.1) is 0 Å². The lowest BCUT2D eigenvalue weighted by atomic mass is 10.1. The summed E-state index contributed by atoms with van der Waals surface area (Å²) in [6, 6.07) is 8.89. The summed E-state index contributed by atoms with van der Waals surface area (Å²) < 4.78 is 0. The van der Waals surface area contributed by atoms with Gasteiger partial charge in [-0.2, -0.15) is 0 Å².